The molecule has 20 heavy (non-hydrogen) atoms. The molecule has 0 N–H and O–H groups in total. The molecule has 0 bridgehead atoms. The van der Waals surface area contributed by atoms with Crippen molar-refractivity contribution in [2.24, 2.45) is 0 Å². The van der Waals surface area contributed by atoms with Crippen molar-refractivity contribution in [3.63, 3.8) is 0 Å². The van der Waals surface area contributed by atoms with Crippen molar-refractivity contribution in [1.82, 2.24) is 0 Å². The zero-order valence-electron chi connectivity index (χ0n) is 13.8. The van der Waals surface area contributed by atoms with Gasteiger partial charge < -0.3 is 9.47 Å². The van der Waals surface area contributed by atoms with Crippen LogP contribution in [0, 0.1) is 0 Å². The SMILES string of the molecule is C=C(OC)/C(F)=C(/F)C(=C)OCC.CCC.CCCC. The second-order valence-electron chi connectivity index (χ2n) is 3.82. The monoisotopic (exact) mass is 292 g/mol. The van der Waals surface area contributed by atoms with Gasteiger partial charge in [-0.05, 0) is 6.92 Å². The van der Waals surface area contributed by atoms with Crippen LogP contribution >= 0.6 is 0 Å². The smallest absolute Gasteiger partial charge is 0.203 e. The molecule has 0 saturated carbocycles. The Hall–Kier alpha value is -1.32. The lowest BCUT2D eigenvalue weighted by atomic mass is 10.3. The summed E-state index contributed by atoms with van der Waals surface area (Å²) >= 11 is 0. The number of halogens is 2. The Balaban J connectivity index is -0.000000343. The molecule has 0 aromatic heterocycles. The summed E-state index contributed by atoms with van der Waals surface area (Å²) in [7, 11) is 1.19. The molecular weight excluding hydrogens is 262 g/mol. The number of rotatable bonds is 6. The van der Waals surface area contributed by atoms with Gasteiger partial charge in [-0.2, -0.15) is 8.78 Å². The van der Waals surface area contributed by atoms with E-state index in [1.165, 1.54) is 26.4 Å². The van der Waals surface area contributed by atoms with Gasteiger partial charge in [-0.1, -0.05) is 60.1 Å². The Morgan fingerprint density at radius 3 is 1.45 bits per heavy atom. The molecule has 0 spiro atoms. The van der Waals surface area contributed by atoms with Crippen LogP contribution in [-0.4, -0.2) is 13.7 Å². The van der Waals surface area contributed by atoms with Gasteiger partial charge in [-0.15, -0.1) is 0 Å². The molecule has 0 aromatic carbocycles. The second-order valence-corrected chi connectivity index (χ2v) is 3.82. The Morgan fingerprint density at radius 1 is 0.850 bits per heavy atom. The van der Waals surface area contributed by atoms with Crippen LogP contribution in [0.1, 0.15) is 53.9 Å². The summed E-state index contributed by atoms with van der Waals surface area (Å²) in [6.07, 6.45) is 3.89. The van der Waals surface area contributed by atoms with Crippen LogP contribution in [0.5, 0.6) is 0 Å². The first kappa shape index (κ1) is 23.7. The lowest BCUT2D eigenvalue weighted by Gasteiger charge is -2.06. The van der Waals surface area contributed by atoms with E-state index in [0.717, 1.165) is 0 Å². The van der Waals surface area contributed by atoms with Crippen molar-refractivity contribution < 1.29 is 18.3 Å². The molecule has 4 heteroatoms. The predicted molar refractivity (Wildman–Crippen MR) is 82.7 cm³/mol. The summed E-state index contributed by atoms with van der Waals surface area (Å²) in [5, 5.41) is 0. The maximum Gasteiger partial charge on any atom is 0.203 e. The third-order valence-corrected chi connectivity index (χ3v) is 1.75. The van der Waals surface area contributed by atoms with E-state index >= 15 is 0 Å². The Bertz CT molecular complexity index is 282. The van der Waals surface area contributed by atoms with E-state index in [2.05, 4.69) is 50.3 Å². The molecule has 0 aliphatic rings. The Kier molecular flexibility index (Phi) is 21.0. The summed E-state index contributed by atoms with van der Waals surface area (Å²) in [5.41, 5.74) is 0. The van der Waals surface area contributed by atoms with Crippen molar-refractivity contribution in [3.8, 4) is 0 Å². The predicted octanol–water partition coefficient (Wildman–Crippen LogP) is 6.07. The van der Waals surface area contributed by atoms with Gasteiger partial charge >= 0.3 is 0 Å². The first-order chi connectivity index (χ1) is 9.37. The average molecular weight is 292 g/mol. The van der Waals surface area contributed by atoms with Gasteiger partial charge in [0, 0.05) is 0 Å². The van der Waals surface area contributed by atoms with E-state index in [4.69, 9.17) is 0 Å². The molecule has 0 amide bonds. The molecule has 0 rings (SSSR count). The molecule has 0 aliphatic heterocycles. The largest absolute Gasteiger partial charge is 0.494 e. The second kappa shape index (κ2) is 17.7. The fourth-order valence-electron chi connectivity index (χ4n) is 0.572. The standard InChI is InChI=1S/C9H12F2O2.C4H10.C3H8/c1-5-13-7(3)9(11)8(10)6(2)12-4;1-3-4-2;1-3-2/h2-3,5H2,1,4H3;3-4H2,1-2H3;3H2,1-2H3/b9-8-;;. The maximum absolute atomic E-state index is 13.0. The van der Waals surface area contributed by atoms with Crippen LogP contribution in [0.4, 0.5) is 8.78 Å². The molecule has 0 unspecified atom stereocenters. The van der Waals surface area contributed by atoms with E-state index in [0.29, 0.717) is 0 Å². The van der Waals surface area contributed by atoms with Crippen LogP contribution in [-0.2, 0) is 9.47 Å². The summed E-state index contributed by atoms with van der Waals surface area (Å²) in [6.45, 7) is 16.8. The van der Waals surface area contributed by atoms with E-state index in [9.17, 15) is 8.78 Å². The van der Waals surface area contributed by atoms with Gasteiger partial charge in [-0.3, -0.25) is 0 Å². The minimum absolute atomic E-state index is 0.221. The van der Waals surface area contributed by atoms with E-state index < -0.39 is 17.4 Å². The highest BCUT2D eigenvalue weighted by molar-refractivity contribution is 5.28. The number of allylic oxidation sites excluding steroid dienone is 2. The number of ether oxygens (including phenoxy) is 2. The van der Waals surface area contributed by atoms with Crippen molar-refractivity contribution in [3.05, 3.63) is 36.3 Å². The highest BCUT2D eigenvalue weighted by Crippen LogP contribution is 2.22. The van der Waals surface area contributed by atoms with Gasteiger partial charge in [0.15, 0.2) is 11.5 Å². The fraction of sp³-hybridized carbons (Fsp3) is 0.625. The first-order valence-corrected chi connectivity index (χ1v) is 6.98. The molecule has 0 fully saturated rings. The minimum atomic E-state index is -1.19. The maximum atomic E-state index is 13.0. The Labute approximate surface area is 123 Å². The zero-order valence-corrected chi connectivity index (χ0v) is 13.8. The van der Waals surface area contributed by atoms with Gasteiger partial charge in [0.2, 0.25) is 11.7 Å². The summed E-state index contributed by atoms with van der Waals surface area (Å²) < 4.78 is 34.9. The van der Waals surface area contributed by atoms with Gasteiger partial charge in [0.05, 0.1) is 13.7 Å². The normalized spacial score (nSPS) is 10.0. The number of unbranched alkanes of at least 4 members (excludes halogenated alkanes) is 1. The van der Waals surface area contributed by atoms with Gasteiger partial charge in [0.25, 0.3) is 0 Å². The van der Waals surface area contributed by atoms with Gasteiger partial charge in [-0.25, -0.2) is 0 Å². The average Bonchev–Trinajstić information content (AvgIpc) is 2.46. The molecule has 0 aliphatic carbocycles. The number of methoxy groups -OCH3 is 1. The van der Waals surface area contributed by atoms with E-state index in [1.54, 1.807) is 6.92 Å². The van der Waals surface area contributed by atoms with Crippen LogP contribution in [0.2, 0.25) is 0 Å². The molecule has 2 nitrogen and oxygen atoms in total. The molecule has 0 heterocycles. The lowest BCUT2D eigenvalue weighted by Crippen LogP contribution is -1.95. The highest BCUT2D eigenvalue weighted by atomic mass is 19.2. The van der Waals surface area contributed by atoms with Crippen LogP contribution in [0.15, 0.2) is 36.3 Å². The molecule has 0 atom stereocenters. The van der Waals surface area contributed by atoms with E-state index in [1.807, 2.05) is 0 Å². The third kappa shape index (κ3) is 14.7. The summed E-state index contributed by atoms with van der Waals surface area (Å²) in [4.78, 5) is 0. The molecular formula is C16H30F2O2. The van der Waals surface area contributed by atoms with Crippen molar-refractivity contribution >= 4 is 0 Å². The van der Waals surface area contributed by atoms with Crippen molar-refractivity contribution in [1.29, 1.82) is 0 Å². The lowest BCUT2D eigenvalue weighted by molar-refractivity contribution is 0.220. The highest BCUT2D eigenvalue weighted by Gasteiger charge is 2.14. The summed E-state index contributed by atoms with van der Waals surface area (Å²) in [5.74, 6) is -3.13. The van der Waals surface area contributed by atoms with Crippen LogP contribution in [0.25, 0.3) is 0 Å². The van der Waals surface area contributed by atoms with Crippen molar-refractivity contribution in [2.75, 3.05) is 13.7 Å². The first-order valence-electron chi connectivity index (χ1n) is 6.98. The molecule has 0 radical (unpaired) electrons. The quantitative estimate of drug-likeness (QED) is 0.437. The number of hydrogen-bond donors (Lipinski definition) is 0. The molecule has 0 aromatic rings. The number of hydrogen-bond acceptors (Lipinski definition) is 2. The van der Waals surface area contributed by atoms with Crippen LogP contribution < -0.4 is 0 Å². The zero-order chi connectivity index (χ0) is 16.6. The topological polar surface area (TPSA) is 18.5 Å². The molecule has 0 saturated heterocycles. The van der Waals surface area contributed by atoms with Crippen LogP contribution in [0.3, 0.4) is 0 Å². The van der Waals surface area contributed by atoms with Crippen molar-refractivity contribution in [2.45, 2.75) is 53.9 Å². The Morgan fingerprint density at radius 2 is 1.20 bits per heavy atom. The molecule has 120 valence electrons. The van der Waals surface area contributed by atoms with E-state index in [-0.39, 0.29) is 12.4 Å². The minimum Gasteiger partial charge on any atom is -0.494 e. The summed E-state index contributed by atoms with van der Waals surface area (Å²) in [6, 6.07) is 0. The third-order valence-electron chi connectivity index (χ3n) is 1.75. The van der Waals surface area contributed by atoms with Gasteiger partial charge in [0.1, 0.15) is 0 Å². The fourth-order valence-corrected chi connectivity index (χ4v) is 0.572.